The highest BCUT2D eigenvalue weighted by atomic mass is 32.2. The van der Waals surface area contributed by atoms with Crippen LogP contribution in [0.15, 0.2) is 42.5 Å². The van der Waals surface area contributed by atoms with Gasteiger partial charge in [-0.1, -0.05) is 12.1 Å². The molecule has 0 aliphatic carbocycles. The lowest BCUT2D eigenvalue weighted by Crippen LogP contribution is -2.41. The lowest BCUT2D eigenvalue weighted by molar-refractivity contribution is -0.116. The molecule has 182 valence electrons. The second-order valence-electron chi connectivity index (χ2n) is 7.97. The van der Waals surface area contributed by atoms with E-state index in [4.69, 9.17) is 14.2 Å². The van der Waals surface area contributed by atoms with Crippen molar-refractivity contribution in [3.05, 3.63) is 48.0 Å². The van der Waals surface area contributed by atoms with Crippen molar-refractivity contribution in [2.24, 2.45) is 0 Å². The zero-order valence-electron chi connectivity index (χ0n) is 18.9. The third kappa shape index (κ3) is 5.60. The smallest absolute Gasteiger partial charge is 0.256 e. The van der Waals surface area contributed by atoms with E-state index in [0.29, 0.717) is 54.7 Å². The van der Waals surface area contributed by atoms with Gasteiger partial charge in [-0.15, -0.1) is 0 Å². The number of anilines is 2. The fraction of sp³-hybridized carbons (Fsp3) is 0.391. The van der Waals surface area contributed by atoms with Gasteiger partial charge in [-0.3, -0.25) is 13.9 Å². The van der Waals surface area contributed by atoms with Gasteiger partial charge in [0.15, 0.2) is 11.5 Å². The lowest BCUT2D eigenvalue weighted by Gasteiger charge is -2.27. The van der Waals surface area contributed by atoms with E-state index in [0.717, 1.165) is 6.26 Å². The molecule has 34 heavy (non-hydrogen) atoms. The largest absolute Gasteiger partial charge is 0.454 e. The van der Waals surface area contributed by atoms with E-state index in [1.54, 1.807) is 47.4 Å². The van der Waals surface area contributed by atoms with Gasteiger partial charge in [0.25, 0.3) is 5.91 Å². The van der Waals surface area contributed by atoms with Crippen LogP contribution in [0.5, 0.6) is 11.5 Å². The van der Waals surface area contributed by atoms with Gasteiger partial charge in [-0.2, -0.15) is 0 Å². The highest BCUT2D eigenvalue weighted by molar-refractivity contribution is 7.92. The van der Waals surface area contributed by atoms with Gasteiger partial charge in [0, 0.05) is 32.1 Å². The molecule has 0 saturated carbocycles. The van der Waals surface area contributed by atoms with Crippen LogP contribution in [-0.4, -0.2) is 71.0 Å². The van der Waals surface area contributed by atoms with Gasteiger partial charge in [0.2, 0.25) is 22.7 Å². The van der Waals surface area contributed by atoms with Crippen LogP contribution in [0.25, 0.3) is 0 Å². The topological polar surface area (TPSA) is 114 Å². The highest BCUT2D eigenvalue weighted by Crippen LogP contribution is 2.36. The number of ether oxygens (including phenoxy) is 3. The molecule has 2 aromatic rings. The quantitative estimate of drug-likeness (QED) is 0.604. The Labute approximate surface area is 198 Å². The fourth-order valence-corrected chi connectivity index (χ4v) is 4.80. The molecule has 2 aliphatic heterocycles. The van der Waals surface area contributed by atoms with Crippen LogP contribution in [0, 0.1) is 0 Å². The van der Waals surface area contributed by atoms with E-state index in [-0.39, 0.29) is 38.0 Å². The molecule has 11 heteroatoms. The van der Waals surface area contributed by atoms with E-state index < -0.39 is 10.0 Å². The van der Waals surface area contributed by atoms with Crippen molar-refractivity contribution < 1.29 is 32.2 Å². The molecule has 0 aromatic heterocycles. The number of benzene rings is 2. The molecular weight excluding hydrogens is 462 g/mol. The molecule has 2 aromatic carbocycles. The third-order valence-electron chi connectivity index (χ3n) is 5.54. The summed E-state index contributed by atoms with van der Waals surface area (Å²) in [7, 11) is -3.58. The fourth-order valence-electron chi connectivity index (χ4n) is 3.84. The number of nitrogens with zero attached hydrogens (tertiary/aromatic N) is 2. The van der Waals surface area contributed by atoms with Crippen LogP contribution in [-0.2, 0) is 19.6 Å². The zero-order valence-corrected chi connectivity index (χ0v) is 19.7. The van der Waals surface area contributed by atoms with Crippen LogP contribution in [0.2, 0.25) is 0 Å². The average molecular weight is 490 g/mol. The second-order valence-corrected chi connectivity index (χ2v) is 9.88. The average Bonchev–Trinajstić information content (AvgIpc) is 3.29. The third-order valence-corrected chi connectivity index (χ3v) is 6.73. The Morgan fingerprint density at radius 2 is 1.79 bits per heavy atom. The number of para-hydroxylation sites is 1. The zero-order chi connectivity index (χ0) is 24.1. The maximum absolute atomic E-state index is 12.9. The number of fused-ring (bicyclic) bond motifs is 1. The summed E-state index contributed by atoms with van der Waals surface area (Å²) >= 11 is 0. The van der Waals surface area contributed by atoms with Gasteiger partial charge < -0.3 is 24.4 Å². The van der Waals surface area contributed by atoms with E-state index in [9.17, 15) is 18.0 Å². The van der Waals surface area contributed by atoms with Gasteiger partial charge in [0.1, 0.15) is 0 Å². The Bertz CT molecular complexity index is 1160. The van der Waals surface area contributed by atoms with Crippen LogP contribution < -0.4 is 19.1 Å². The SMILES string of the molecule is CS(=O)(=O)N(CCCC(=O)Nc1ccccc1C(=O)N1CCOCC1)c1ccc2c(c1)OCO2. The monoisotopic (exact) mass is 489 g/mol. The minimum atomic E-state index is -3.58. The van der Waals surface area contributed by atoms with Crippen molar-refractivity contribution in [1.82, 2.24) is 4.90 Å². The van der Waals surface area contributed by atoms with Crippen molar-refractivity contribution in [3.63, 3.8) is 0 Å². The molecule has 0 radical (unpaired) electrons. The summed E-state index contributed by atoms with van der Waals surface area (Å²) in [6.45, 7) is 2.18. The number of carbonyl (C=O) groups is 2. The van der Waals surface area contributed by atoms with Gasteiger partial charge >= 0.3 is 0 Å². The number of hydrogen-bond donors (Lipinski definition) is 1. The molecule has 10 nitrogen and oxygen atoms in total. The number of sulfonamides is 1. The molecule has 1 fully saturated rings. The summed E-state index contributed by atoms with van der Waals surface area (Å²) in [4.78, 5) is 27.2. The van der Waals surface area contributed by atoms with Gasteiger partial charge in [-0.25, -0.2) is 8.42 Å². The van der Waals surface area contributed by atoms with Crippen molar-refractivity contribution in [2.45, 2.75) is 12.8 Å². The Kier molecular flexibility index (Phi) is 7.23. The molecule has 1 saturated heterocycles. The summed E-state index contributed by atoms with van der Waals surface area (Å²) in [5, 5.41) is 2.79. The molecule has 0 spiro atoms. The summed E-state index contributed by atoms with van der Waals surface area (Å²) in [5.41, 5.74) is 1.28. The summed E-state index contributed by atoms with van der Waals surface area (Å²) in [6.07, 6.45) is 1.48. The summed E-state index contributed by atoms with van der Waals surface area (Å²) < 4.78 is 41.9. The lowest BCUT2D eigenvalue weighted by atomic mass is 10.1. The van der Waals surface area contributed by atoms with Crippen LogP contribution in [0.1, 0.15) is 23.2 Å². The number of carbonyl (C=O) groups excluding carboxylic acids is 2. The van der Waals surface area contributed by atoms with E-state index in [1.165, 1.54) is 4.31 Å². The van der Waals surface area contributed by atoms with Crippen molar-refractivity contribution in [1.29, 1.82) is 0 Å². The first-order chi connectivity index (χ1) is 16.3. The molecule has 0 bridgehead atoms. The second kappa shape index (κ2) is 10.3. The van der Waals surface area contributed by atoms with E-state index in [2.05, 4.69) is 5.32 Å². The minimum absolute atomic E-state index is 0.0800. The minimum Gasteiger partial charge on any atom is -0.454 e. The predicted octanol–water partition coefficient (Wildman–Crippen LogP) is 2.07. The molecule has 2 aliphatic rings. The molecule has 2 amide bonds. The number of nitrogens with one attached hydrogen (secondary N) is 1. The Hall–Kier alpha value is -3.31. The van der Waals surface area contributed by atoms with Crippen LogP contribution >= 0.6 is 0 Å². The maximum atomic E-state index is 12.9. The maximum Gasteiger partial charge on any atom is 0.256 e. The molecule has 4 rings (SSSR count). The standard InChI is InChI=1S/C23H27N3O7S/c1-34(29,30)26(17-8-9-20-21(15-17)33-16-32-20)10-4-7-22(27)24-19-6-3-2-5-18(19)23(28)25-11-13-31-14-12-25/h2-3,5-6,8-9,15H,4,7,10-14,16H2,1H3,(H,24,27). The molecule has 2 heterocycles. The summed E-state index contributed by atoms with van der Waals surface area (Å²) in [5.74, 6) is 0.568. The first kappa shape index (κ1) is 23.8. The number of hydrogen-bond acceptors (Lipinski definition) is 7. The Morgan fingerprint density at radius 3 is 2.56 bits per heavy atom. The molecule has 1 N–H and O–H groups in total. The normalized spacial score (nSPS) is 15.1. The first-order valence-electron chi connectivity index (χ1n) is 11.0. The van der Waals surface area contributed by atoms with E-state index in [1.807, 2.05) is 0 Å². The van der Waals surface area contributed by atoms with Crippen LogP contribution in [0.3, 0.4) is 0 Å². The first-order valence-corrected chi connectivity index (χ1v) is 12.8. The molecule has 0 atom stereocenters. The van der Waals surface area contributed by atoms with Crippen molar-refractivity contribution >= 4 is 33.2 Å². The van der Waals surface area contributed by atoms with Crippen molar-refractivity contribution in [3.8, 4) is 11.5 Å². The number of rotatable bonds is 8. The Morgan fingerprint density at radius 1 is 1.06 bits per heavy atom. The van der Waals surface area contributed by atoms with Gasteiger partial charge in [0.05, 0.1) is 36.4 Å². The number of amides is 2. The molecule has 0 unspecified atom stereocenters. The molecular formula is C23H27N3O7S. The number of morpholine rings is 1. The summed E-state index contributed by atoms with van der Waals surface area (Å²) in [6, 6.07) is 11.8. The van der Waals surface area contributed by atoms with Crippen molar-refractivity contribution in [2.75, 3.05) is 55.5 Å². The van der Waals surface area contributed by atoms with Crippen LogP contribution in [0.4, 0.5) is 11.4 Å². The Balaban J connectivity index is 1.38. The predicted molar refractivity (Wildman–Crippen MR) is 126 cm³/mol. The van der Waals surface area contributed by atoms with E-state index >= 15 is 0 Å². The van der Waals surface area contributed by atoms with Gasteiger partial charge in [-0.05, 0) is 30.7 Å². The highest BCUT2D eigenvalue weighted by Gasteiger charge is 2.23.